The highest BCUT2D eigenvalue weighted by molar-refractivity contribution is 7.89. The maximum Gasteiger partial charge on any atom is 0.243 e. The van der Waals surface area contributed by atoms with Crippen molar-refractivity contribution < 1.29 is 22.3 Å². The first-order chi connectivity index (χ1) is 14.8. The predicted molar refractivity (Wildman–Crippen MR) is 115 cm³/mol. The molecule has 0 bridgehead atoms. The van der Waals surface area contributed by atoms with E-state index >= 15 is 0 Å². The van der Waals surface area contributed by atoms with Crippen molar-refractivity contribution in [3.8, 4) is 5.75 Å². The van der Waals surface area contributed by atoms with Gasteiger partial charge in [0.1, 0.15) is 11.6 Å². The summed E-state index contributed by atoms with van der Waals surface area (Å²) in [5.41, 5.74) is 1.59. The molecule has 166 valence electrons. The molecule has 0 saturated carbocycles. The Hall–Kier alpha value is -2.45. The summed E-state index contributed by atoms with van der Waals surface area (Å²) in [6, 6.07) is 10.5. The highest BCUT2D eigenvalue weighted by atomic mass is 32.2. The van der Waals surface area contributed by atoms with E-state index in [-0.39, 0.29) is 28.7 Å². The second kappa shape index (κ2) is 8.59. The van der Waals surface area contributed by atoms with Gasteiger partial charge in [-0.2, -0.15) is 4.31 Å². The van der Waals surface area contributed by atoms with Crippen LogP contribution >= 0.6 is 0 Å². The Bertz CT molecular complexity index is 1070. The first-order valence-electron chi connectivity index (χ1n) is 10.5. The number of fused-ring (bicyclic) bond motifs is 1. The number of hydrogen-bond acceptors (Lipinski definition) is 4. The molecule has 4 rings (SSSR count). The zero-order valence-corrected chi connectivity index (χ0v) is 18.6. The number of nitrogens with zero attached hydrogens (tertiary/aromatic N) is 2. The molecule has 2 aliphatic rings. The van der Waals surface area contributed by atoms with Crippen LogP contribution in [0.1, 0.15) is 36.8 Å². The Balaban J connectivity index is 1.62. The van der Waals surface area contributed by atoms with Crippen LogP contribution in [0.4, 0.5) is 4.39 Å². The molecular weight excluding hydrogens is 419 g/mol. The summed E-state index contributed by atoms with van der Waals surface area (Å²) in [5.74, 6) is 0.344. The minimum atomic E-state index is -3.70. The van der Waals surface area contributed by atoms with Gasteiger partial charge in [-0.05, 0) is 67.6 Å². The average molecular weight is 447 g/mol. The lowest BCUT2D eigenvalue weighted by Gasteiger charge is -2.33. The second-order valence-electron chi connectivity index (χ2n) is 8.21. The zero-order chi connectivity index (χ0) is 22.2. The molecule has 2 atom stereocenters. The second-order valence-corrected chi connectivity index (χ2v) is 10.1. The van der Waals surface area contributed by atoms with E-state index in [0.29, 0.717) is 44.5 Å². The van der Waals surface area contributed by atoms with Crippen LogP contribution in [-0.2, 0) is 21.4 Å². The van der Waals surface area contributed by atoms with Gasteiger partial charge in [0.2, 0.25) is 15.9 Å². The van der Waals surface area contributed by atoms with Crippen molar-refractivity contribution in [2.75, 3.05) is 13.7 Å². The summed E-state index contributed by atoms with van der Waals surface area (Å²) in [4.78, 5) is 14.9. The van der Waals surface area contributed by atoms with Crippen LogP contribution in [0.25, 0.3) is 0 Å². The van der Waals surface area contributed by atoms with Crippen LogP contribution < -0.4 is 4.74 Å². The Morgan fingerprint density at radius 1 is 1.10 bits per heavy atom. The van der Waals surface area contributed by atoms with E-state index < -0.39 is 10.0 Å². The van der Waals surface area contributed by atoms with Crippen LogP contribution in [0.2, 0.25) is 0 Å². The maximum atomic E-state index is 13.5. The first-order valence-corrected chi connectivity index (χ1v) is 12.0. The summed E-state index contributed by atoms with van der Waals surface area (Å²) in [5, 5.41) is 0. The normalized spacial score (nSPS) is 22.3. The van der Waals surface area contributed by atoms with Gasteiger partial charge < -0.3 is 9.64 Å². The largest absolute Gasteiger partial charge is 0.496 e. The van der Waals surface area contributed by atoms with Gasteiger partial charge in [-0.25, -0.2) is 12.8 Å². The molecule has 0 aromatic heterocycles. The number of benzene rings is 2. The van der Waals surface area contributed by atoms with Gasteiger partial charge in [0.15, 0.2) is 0 Å². The number of methoxy groups -OCH3 is 1. The number of ether oxygens (including phenoxy) is 1. The van der Waals surface area contributed by atoms with Gasteiger partial charge in [-0.3, -0.25) is 4.79 Å². The summed E-state index contributed by atoms with van der Waals surface area (Å²) in [7, 11) is -2.15. The summed E-state index contributed by atoms with van der Waals surface area (Å²) in [6.07, 6.45) is 2.27. The van der Waals surface area contributed by atoms with E-state index in [2.05, 4.69) is 0 Å². The number of carbonyl (C=O) groups is 1. The summed E-state index contributed by atoms with van der Waals surface area (Å²) in [6.45, 7) is 2.55. The van der Waals surface area contributed by atoms with Crippen molar-refractivity contribution in [1.82, 2.24) is 9.21 Å². The van der Waals surface area contributed by atoms with Crippen molar-refractivity contribution >= 4 is 15.9 Å². The van der Waals surface area contributed by atoms with Gasteiger partial charge in [-0.15, -0.1) is 0 Å². The van der Waals surface area contributed by atoms with Crippen molar-refractivity contribution in [1.29, 1.82) is 0 Å². The van der Waals surface area contributed by atoms with Gasteiger partial charge in [0.05, 0.1) is 12.0 Å². The number of hydrogen-bond donors (Lipinski definition) is 0. The molecule has 31 heavy (non-hydrogen) atoms. The number of sulfonamides is 1. The Morgan fingerprint density at radius 3 is 2.52 bits per heavy atom. The zero-order valence-electron chi connectivity index (χ0n) is 17.8. The van der Waals surface area contributed by atoms with Crippen LogP contribution in [0.5, 0.6) is 5.75 Å². The van der Waals surface area contributed by atoms with E-state index in [0.717, 1.165) is 11.1 Å². The SMILES string of the molecule is COc1ccc(S(=O)(=O)N2CC[C@@H]3[C@H]2CCCC(=O)N3Cc2ccc(F)cc2)cc1C. The number of rotatable bonds is 5. The topological polar surface area (TPSA) is 66.9 Å². The third-order valence-electron chi connectivity index (χ3n) is 6.31. The molecule has 6 nitrogen and oxygen atoms in total. The highest BCUT2D eigenvalue weighted by Crippen LogP contribution is 2.36. The molecule has 2 saturated heterocycles. The molecule has 2 aromatic carbocycles. The highest BCUT2D eigenvalue weighted by Gasteiger charge is 2.46. The van der Waals surface area contributed by atoms with Crippen LogP contribution in [0.15, 0.2) is 47.4 Å². The fourth-order valence-electron chi connectivity index (χ4n) is 4.74. The van der Waals surface area contributed by atoms with Gasteiger partial charge in [-0.1, -0.05) is 12.1 Å². The van der Waals surface area contributed by atoms with Crippen molar-refractivity contribution in [2.45, 2.75) is 56.1 Å². The van der Waals surface area contributed by atoms with Gasteiger partial charge in [0.25, 0.3) is 0 Å². The number of halogens is 1. The molecule has 0 spiro atoms. The molecule has 2 aliphatic heterocycles. The number of aryl methyl sites for hydroxylation is 1. The molecule has 0 unspecified atom stereocenters. The summed E-state index contributed by atoms with van der Waals surface area (Å²) >= 11 is 0. The predicted octanol–water partition coefficient (Wildman–Crippen LogP) is 3.49. The lowest BCUT2D eigenvalue weighted by atomic mass is 10.0. The molecule has 2 aromatic rings. The third kappa shape index (κ3) is 4.19. The van der Waals surface area contributed by atoms with Crippen molar-refractivity contribution in [3.05, 3.63) is 59.4 Å². The molecule has 1 amide bonds. The molecule has 8 heteroatoms. The Labute approximate surface area is 182 Å². The van der Waals surface area contributed by atoms with E-state index in [1.165, 1.54) is 12.1 Å². The van der Waals surface area contributed by atoms with E-state index in [4.69, 9.17) is 4.74 Å². The molecule has 0 N–H and O–H groups in total. The standard InChI is InChI=1S/C23H27FN2O4S/c1-16-14-19(10-11-22(16)30-2)31(28,29)26-13-12-20-21(26)4-3-5-23(27)25(20)15-17-6-8-18(24)9-7-17/h6-11,14,20-21H,3-5,12-13,15H2,1-2H3/t20-,21-/m1/s1. The van der Waals surface area contributed by atoms with E-state index in [1.54, 1.807) is 46.6 Å². The lowest BCUT2D eigenvalue weighted by Crippen LogP contribution is -2.47. The maximum absolute atomic E-state index is 13.5. The smallest absolute Gasteiger partial charge is 0.243 e. The quantitative estimate of drug-likeness (QED) is 0.705. The minimum Gasteiger partial charge on any atom is -0.496 e. The number of likely N-dealkylation sites (tertiary alicyclic amines) is 1. The summed E-state index contributed by atoms with van der Waals surface area (Å²) < 4.78 is 47.1. The fourth-order valence-corrected chi connectivity index (χ4v) is 6.52. The van der Waals surface area contributed by atoms with Crippen LogP contribution in [-0.4, -0.2) is 49.3 Å². The van der Waals surface area contributed by atoms with Gasteiger partial charge >= 0.3 is 0 Å². The third-order valence-corrected chi connectivity index (χ3v) is 8.23. The van der Waals surface area contributed by atoms with Crippen molar-refractivity contribution in [3.63, 3.8) is 0 Å². The molecule has 0 aliphatic carbocycles. The molecule has 2 fully saturated rings. The van der Waals surface area contributed by atoms with E-state index in [9.17, 15) is 17.6 Å². The van der Waals surface area contributed by atoms with Gasteiger partial charge in [0, 0.05) is 31.6 Å². The van der Waals surface area contributed by atoms with E-state index in [1.807, 2.05) is 6.92 Å². The van der Waals surface area contributed by atoms with Crippen LogP contribution in [0, 0.1) is 12.7 Å². The number of carbonyl (C=O) groups excluding carboxylic acids is 1. The minimum absolute atomic E-state index is 0.0244. The Morgan fingerprint density at radius 2 is 1.84 bits per heavy atom. The Kier molecular flexibility index (Phi) is 6.03. The van der Waals surface area contributed by atoms with Crippen molar-refractivity contribution in [2.24, 2.45) is 0 Å². The molecular formula is C23H27FN2O4S. The fraction of sp³-hybridized carbons (Fsp3) is 0.435. The molecule has 0 radical (unpaired) electrons. The average Bonchev–Trinajstić information content (AvgIpc) is 3.11. The van der Waals surface area contributed by atoms with Crippen LogP contribution in [0.3, 0.4) is 0 Å². The number of amides is 1. The first kappa shape index (κ1) is 21.8. The monoisotopic (exact) mass is 446 g/mol. The lowest BCUT2D eigenvalue weighted by molar-refractivity contribution is -0.133. The molecule has 2 heterocycles.